The highest BCUT2D eigenvalue weighted by Crippen LogP contribution is 2.24. The number of benzene rings is 1. The van der Waals surface area contributed by atoms with E-state index in [4.69, 9.17) is 9.26 Å². The third-order valence-corrected chi connectivity index (χ3v) is 5.95. The zero-order valence-electron chi connectivity index (χ0n) is 17.2. The van der Waals surface area contributed by atoms with E-state index in [1.807, 2.05) is 24.3 Å². The molecule has 1 aromatic carbocycles. The first-order valence-corrected chi connectivity index (χ1v) is 10.7. The Morgan fingerprint density at radius 2 is 1.86 bits per heavy atom. The first-order chi connectivity index (χ1) is 14.2. The van der Waals surface area contributed by atoms with Gasteiger partial charge in [-0.15, -0.1) is 0 Å². The Balaban J connectivity index is 1.35. The van der Waals surface area contributed by atoms with Gasteiger partial charge in [0.2, 0.25) is 17.6 Å². The maximum atomic E-state index is 13.0. The van der Waals surface area contributed by atoms with Crippen LogP contribution in [0.2, 0.25) is 0 Å². The number of carbonyl (C=O) groups excluding carboxylic acids is 1. The fourth-order valence-electron chi connectivity index (χ4n) is 4.32. The zero-order valence-corrected chi connectivity index (χ0v) is 17.2. The molecule has 0 radical (unpaired) electrons. The number of aromatic nitrogens is 2. The van der Waals surface area contributed by atoms with Crippen LogP contribution in [0.15, 0.2) is 28.8 Å². The van der Waals surface area contributed by atoms with Crippen molar-refractivity contribution in [2.24, 2.45) is 5.92 Å². The van der Waals surface area contributed by atoms with Crippen LogP contribution in [-0.2, 0) is 11.3 Å². The van der Waals surface area contributed by atoms with Crippen molar-refractivity contribution in [1.82, 2.24) is 19.9 Å². The Morgan fingerprint density at radius 3 is 2.59 bits per heavy atom. The molecule has 7 nitrogen and oxygen atoms in total. The van der Waals surface area contributed by atoms with Crippen LogP contribution in [-0.4, -0.2) is 59.1 Å². The second-order valence-electron chi connectivity index (χ2n) is 8.05. The molecule has 3 heterocycles. The quantitative estimate of drug-likeness (QED) is 0.769. The van der Waals surface area contributed by atoms with Gasteiger partial charge < -0.3 is 14.2 Å². The lowest BCUT2D eigenvalue weighted by molar-refractivity contribution is -0.137. The topological polar surface area (TPSA) is 71.7 Å². The molecule has 2 aromatic rings. The van der Waals surface area contributed by atoms with Gasteiger partial charge in [-0.3, -0.25) is 9.69 Å². The van der Waals surface area contributed by atoms with Crippen molar-refractivity contribution >= 4 is 5.91 Å². The number of ether oxygens (including phenoxy) is 1. The summed E-state index contributed by atoms with van der Waals surface area (Å²) in [5.41, 5.74) is 0.897. The fourth-order valence-corrected chi connectivity index (χ4v) is 4.32. The normalized spacial score (nSPS) is 21.0. The van der Waals surface area contributed by atoms with Crippen LogP contribution >= 0.6 is 0 Å². The summed E-state index contributed by atoms with van der Waals surface area (Å²) in [6.07, 6.45) is 6.77. The molecule has 0 aliphatic carbocycles. The monoisotopic (exact) mass is 398 g/mol. The highest BCUT2D eigenvalue weighted by molar-refractivity contribution is 5.79. The second-order valence-corrected chi connectivity index (χ2v) is 8.05. The number of hydrogen-bond donors (Lipinski definition) is 0. The van der Waals surface area contributed by atoms with E-state index in [9.17, 15) is 4.79 Å². The molecule has 1 aromatic heterocycles. The van der Waals surface area contributed by atoms with E-state index in [0.29, 0.717) is 24.2 Å². The van der Waals surface area contributed by atoms with Gasteiger partial charge in [-0.2, -0.15) is 4.98 Å². The maximum absolute atomic E-state index is 13.0. The minimum atomic E-state index is 0.0887. The predicted octanol–water partition coefficient (Wildman–Crippen LogP) is 3.36. The predicted molar refractivity (Wildman–Crippen MR) is 109 cm³/mol. The van der Waals surface area contributed by atoms with Crippen LogP contribution in [0, 0.1) is 5.92 Å². The first-order valence-electron chi connectivity index (χ1n) is 10.7. The van der Waals surface area contributed by atoms with Crippen molar-refractivity contribution in [2.75, 3.05) is 33.3 Å². The standard InChI is InChI=1S/C22H30N4O3/c1-28-19-10-8-17(9-11-19)21-23-20(29-24-21)16-25-12-6-7-18(15-25)22(27)26-13-4-2-3-5-14-26/h8-11,18H,2-7,12-16H2,1H3. The lowest BCUT2D eigenvalue weighted by atomic mass is 9.96. The summed E-state index contributed by atoms with van der Waals surface area (Å²) in [5.74, 6) is 2.40. The lowest BCUT2D eigenvalue weighted by Crippen LogP contribution is -2.44. The van der Waals surface area contributed by atoms with Gasteiger partial charge in [-0.05, 0) is 56.5 Å². The third kappa shape index (κ3) is 4.96. The van der Waals surface area contributed by atoms with Crippen LogP contribution < -0.4 is 4.74 Å². The molecule has 7 heteroatoms. The number of amides is 1. The van der Waals surface area contributed by atoms with E-state index < -0.39 is 0 Å². The van der Waals surface area contributed by atoms with E-state index in [1.165, 1.54) is 12.8 Å². The van der Waals surface area contributed by atoms with Gasteiger partial charge in [0, 0.05) is 25.2 Å². The molecule has 4 rings (SSSR count). The summed E-state index contributed by atoms with van der Waals surface area (Å²) in [4.78, 5) is 21.9. The summed E-state index contributed by atoms with van der Waals surface area (Å²) < 4.78 is 10.7. The number of piperidine rings is 1. The van der Waals surface area contributed by atoms with Crippen LogP contribution in [0.25, 0.3) is 11.4 Å². The molecule has 2 saturated heterocycles. The number of methoxy groups -OCH3 is 1. The first kappa shape index (κ1) is 19.9. The van der Waals surface area contributed by atoms with Gasteiger partial charge in [-0.1, -0.05) is 18.0 Å². The molecular formula is C22H30N4O3. The minimum Gasteiger partial charge on any atom is -0.497 e. The second kappa shape index (κ2) is 9.39. The molecule has 0 N–H and O–H groups in total. The summed E-state index contributed by atoms with van der Waals surface area (Å²) in [6.45, 7) is 4.17. The van der Waals surface area contributed by atoms with Crippen molar-refractivity contribution in [3.8, 4) is 17.1 Å². The molecule has 0 saturated carbocycles. The maximum Gasteiger partial charge on any atom is 0.241 e. The van der Waals surface area contributed by atoms with Crippen LogP contribution in [0.1, 0.15) is 44.4 Å². The summed E-state index contributed by atoms with van der Waals surface area (Å²) in [7, 11) is 1.64. The Bertz CT molecular complexity index is 797. The average Bonchev–Trinajstić information content (AvgIpc) is 3.05. The Morgan fingerprint density at radius 1 is 1.10 bits per heavy atom. The largest absolute Gasteiger partial charge is 0.497 e. The third-order valence-electron chi connectivity index (χ3n) is 5.95. The van der Waals surface area contributed by atoms with Gasteiger partial charge in [-0.25, -0.2) is 0 Å². The SMILES string of the molecule is COc1ccc(-c2noc(CN3CCCC(C(=O)N4CCCCCC4)C3)n2)cc1. The molecule has 2 aliphatic rings. The highest BCUT2D eigenvalue weighted by atomic mass is 16.5. The average molecular weight is 399 g/mol. The summed E-state index contributed by atoms with van der Waals surface area (Å²) >= 11 is 0. The van der Waals surface area contributed by atoms with Crippen molar-refractivity contribution in [2.45, 2.75) is 45.1 Å². The van der Waals surface area contributed by atoms with E-state index in [1.54, 1.807) is 7.11 Å². The van der Waals surface area contributed by atoms with Gasteiger partial charge in [0.1, 0.15) is 5.75 Å². The molecular weight excluding hydrogens is 368 g/mol. The highest BCUT2D eigenvalue weighted by Gasteiger charge is 2.30. The van der Waals surface area contributed by atoms with Crippen LogP contribution in [0.5, 0.6) is 5.75 Å². The summed E-state index contributed by atoms with van der Waals surface area (Å²) in [5, 5.41) is 4.12. The number of hydrogen-bond acceptors (Lipinski definition) is 6. The van der Waals surface area contributed by atoms with E-state index in [-0.39, 0.29) is 5.92 Å². The van der Waals surface area contributed by atoms with E-state index >= 15 is 0 Å². The molecule has 29 heavy (non-hydrogen) atoms. The van der Waals surface area contributed by atoms with Crippen molar-refractivity contribution < 1.29 is 14.1 Å². The molecule has 0 bridgehead atoms. The van der Waals surface area contributed by atoms with Crippen molar-refractivity contribution in [3.05, 3.63) is 30.2 Å². The van der Waals surface area contributed by atoms with Gasteiger partial charge in [0.05, 0.1) is 19.6 Å². The smallest absolute Gasteiger partial charge is 0.241 e. The molecule has 2 aliphatic heterocycles. The number of rotatable bonds is 5. The van der Waals surface area contributed by atoms with Crippen LogP contribution in [0.3, 0.4) is 0 Å². The molecule has 0 spiro atoms. The van der Waals surface area contributed by atoms with Gasteiger partial charge in [0.15, 0.2) is 0 Å². The Labute approximate surface area is 172 Å². The summed E-state index contributed by atoms with van der Waals surface area (Å²) in [6, 6.07) is 7.61. The molecule has 2 fully saturated rings. The van der Waals surface area contributed by atoms with E-state index in [2.05, 4.69) is 19.9 Å². The van der Waals surface area contributed by atoms with E-state index in [0.717, 1.165) is 63.2 Å². The number of likely N-dealkylation sites (tertiary alicyclic amines) is 2. The molecule has 1 amide bonds. The molecule has 156 valence electrons. The van der Waals surface area contributed by atoms with Crippen molar-refractivity contribution in [3.63, 3.8) is 0 Å². The Hall–Kier alpha value is -2.41. The Kier molecular flexibility index (Phi) is 6.44. The molecule has 1 unspecified atom stereocenters. The number of nitrogens with zero attached hydrogens (tertiary/aromatic N) is 4. The lowest BCUT2D eigenvalue weighted by Gasteiger charge is -2.34. The molecule has 1 atom stereocenters. The van der Waals surface area contributed by atoms with Crippen LogP contribution in [0.4, 0.5) is 0 Å². The van der Waals surface area contributed by atoms with Gasteiger partial charge in [0.25, 0.3) is 0 Å². The van der Waals surface area contributed by atoms with Crippen molar-refractivity contribution in [1.29, 1.82) is 0 Å². The minimum absolute atomic E-state index is 0.0887. The number of carbonyl (C=O) groups is 1. The fraction of sp³-hybridized carbons (Fsp3) is 0.591. The zero-order chi connectivity index (χ0) is 20.1. The van der Waals surface area contributed by atoms with Gasteiger partial charge >= 0.3 is 0 Å².